The van der Waals surface area contributed by atoms with Gasteiger partial charge in [0.25, 0.3) is 0 Å². The molecule has 5 nitrogen and oxygen atoms in total. The molecule has 1 saturated carbocycles. The van der Waals surface area contributed by atoms with Crippen molar-refractivity contribution in [2.24, 2.45) is 11.3 Å². The summed E-state index contributed by atoms with van der Waals surface area (Å²) in [5.74, 6) is -0.305. The van der Waals surface area contributed by atoms with Crippen molar-refractivity contribution >= 4 is 12.0 Å². The van der Waals surface area contributed by atoms with Crippen molar-refractivity contribution in [3.8, 4) is 0 Å². The summed E-state index contributed by atoms with van der Waals surface area (Å²) < 4.78 is 0. The number of nitrogens with zero attached hydrogens (tertiary/aromatic N) is 2. The number of carbonyl (C=O) groups is 2. The van der Waals surface area contributed by atoms with E-state index >= 15 is 0 Å². The zero-order valence-electron chi connectivity index (χ0n) is 12.9. The van der Waals surface area contributed by atoms with E-state index in [-0.39, 0.29) is 17.5 Å². The molecule has 0 radical (unpaired) electrons. The molecule has 1 heterocycles. The lowest BCUT2D eigenvalue weighted by Gasteiger charge is -2.45. The van der Waals surface area contributed by atoms with E-state index in [9.17, 15) is 14.7 Å². The number of rotatable bonds is 3. The Morgan fingerprint density at radius 1 is 1.35 bits per heavy atom. The number of aliphatic carboxylic acids is 1. The molecule has 1 N–H and O–H groups in total. The Morgan fingerprint density at radius 2 is 1.95 bits per heavy atom. The molecular formula is C15H26N2O3. The van der Waals surface area contributed by atoms with Gasteiger partial charge in [0.15, 0.2) is 0 Å². The number of urea groups is 1. The average Bonchev–Trinajstić information content (AvgIpc) is 3.18. The second-order valence-electron chi connectivity index (χ2n) is 7.00. The molecule has 0 aromatic heterocycles. The zero-order chi connectivity index (χ0) is 15.1. The highest BCUT2D eigenvalue weighted by molar-refractivity contribution is 5.83. The van der Waals surface area contributed by atoms with Crippen LogP contribution in [0.2, 0.25) is 0 Å². The molecule has 2 rings (SSSR count). The minimum atomic E-state index is -0.893. The Morgan fingerprint density at radius 3 is 2.45 bits per heavy atom. The highest BCUT2D eigenvalue weighted by atomic mass is 16.4. The fourth-order valence-electron chi connectivity index (χ4n) is 3.34. The van der Waals surface area contributed by atoms with Gasteiger partial charge in [-0.25, -0.2) is 9.59 Å². The fraction of sp³-hybridized carbons (Fsp3) is 0.867. The SMILES string of the molecule is CC(C1CC1)N(C)C(=O)N1CCCC(C)(C)C1C(=O)O. The van der Waals surface area contributed by atoms with E-state index in [0.717, 1.165) is 12.8 Å². The molecule has 20 heavy (non-hydrogen) atoms. The van der Waals surface area contributed by atoms with Gasteiger partial charge in [-0.1, -0.05) is 13.8 Å². The molecule has 0 spiro atoms. The predicted molar refractivity (Wildman–Crippen MR) is 76.5 cm³/mol. The van der Waals surface area contributed by atoms with Crippen molar-refractivity contribution in [1.29, 1.82) is 0 Å². The van der Waals surface area contributed by atoms with Gasteiger partial charge in [0.05, 0.1) is 0 Å². The van der Waals surface area contributed by atoms with Crippen LogP contribution in [0.25, 0.3) is 0 Å². The lowest BCUT2D eigenvalue weighted by atomic mass is 9.76. The highest BCUT2D eigenvalue weighted by Gasteiger charge is 2.46. The van der Waals surface area contributed by atoms with E-state index < -0.39 is 12.0 Å². The second kappa shape index (κ2) is 5.26. The fourth-order valence-corrected chi connectivity index (χ4v) is 3.34. The average molecular weight is 282 g/mol. The molecular weight excluding hydrogens is 256 g/mol. The number of carboxylic acids is 1. The summed E-state index contributed by atoms with van der Waals surface area (Å²) in [6.45, 7) is 6.48. The predicted octanol–water partition coefficient (Wildman–Crippen LogP) is 2.41. The summed E-state index contributed by atoms with van der Waals surface area (Å²) >= 11 is 0. The molecule has 2 fully saturated rings. The van der Waals surface area contributed by atoms with Crippen LogP contribution in [0.3, 0.4) is 0 Å². The Labute approximate surface area is 120 Å². The summed E-state index contributed by atoms with van der Waals surface area (Å²) in [4.78, 5) is 27.6. The van der Waals surface area contributed by atoms with Gasteiger partial charge in [-0.2, -0.15) is 0 Å². The molecule has 1 aliphatic carbocycles. The Bertz CT molecular complexity index is 404. The maximum absolute atomic E-state index is 12.7. The van der Waals surface area contributed by atoms with Gasteiger partial charge in [0.1, 0.15) is 6.04 Å². The zero-order valence-corrected chi connectivity index (χ0v) is 12.9. The van der Waals surface area contributed by atoms with Gasteiger partial charge in [-0.05, 0) is 43.9 Å². The van der Waals surface area contributed by atoms with E-state index in [0.29, 0.717) is 12.5 Å². The molecule has 2 unspecified atom stereocenters. The van der Waals surface area contributed by atoms with Gasteiger partial charge in [0.2, 0.25) is 0 Å². The smallest absolute Gasteiger partial charge is 0.327 e. The number of hydrogen-bond acceptors (Lipinski definition) is 2. The lowest BCUT2D eigenvalue weighted by Crippen LogP contribution is -2.59. The van der Waals surface area contributed by atoms with E-state index in [1.165, 1.54) is 12.8 Å². The summed E-state index contributed by atoms with van der Waals surface area (Å²) in [6, 6.07) is -0.663. The highest BCUT2D eigenvalue weighted by Crippen LogP contribution is 2.38. The first kappa shape index (κ1) is 15.1. The van der Waals surface area contributed by atoms with Gasteiger partial charge in [0, 0.05) is 19.6 Å². The third kappa shape index (κ3) is 2.76. The van der Waals surface area contributed by atoms with E-state index in [1.807, 2.05) is 13.8 Å². The largest absolute Gasteiger partial charge is 0.480 e. The van der Waals surface area contributed by atoms with Crippen LogP contribution in [-0.2, 0) is 4.79 Å². The molecule has 1 aliphatic heterocycles. The van der Waals surface area contributed by atoms with Gasteiger partial charge < -0.3 is 14.9 Å². The van der Waals surface area contributed by atoms with Gasteiger partial charge in [-0.15, -0.1) is 0 Å². The summed E-state index contributed by atoms with van der Waals surface area (Å²) in [5.41, 5.74) is -0.372. The van der Waals surface area contributed by atoms with Gasteiger partial charge >= 0.3 is 12.0 Å². The van der Waals surface area contributed by atoms with Crippen molar-refractivity contribution in [1.82, 2.24) is 9.80 Å². The van der Waals surface area contributed by atoms with Crippen LogP contribution in [0.1, 0.15) is 46.5 Å². The first-order chi connectivity index (χ1) is 9.25. The number of carboxylic acid groups (broad SMARTS) is 1. The minimum absolute atomic E-state index is 0.135. The van der Waals surface area contributed by atoms with E-state index in [1.54, 1.807) is 16.8 Å². The number of amides is 2. The molecule has 1 saturated heterocycles. The van der Waals surface area contributed by atoms with Crippen LogP contribution in [0.4, 0.5) is 4.79 Å². The molecule has 5 heteroatoms. The topological polar surface area (TPSA) is 60.9 Å². The van der Waals surface area contributed by atoms with Crippen LogP contribution in [0.15, 0.2) is 0 Å². The van der Waals surface area contributed by atoms with E-state index in [4.69, 9.17) is 0 Å². The first-order valence-corrected chi connectivity index (χ1v) is 7.52. The summed E-state index contributed by atoms with van der Waals surface area (Å²) in [5, 5.41) is 9.52. The molecule has 0 aromatic rings. The Kier molecular flexibility index (Phi) is 3.98. The van der Waals surface area contributed by atoms with Crippen LogP contribution in [0.5, 0.6) is 0 Å². The van der Waals surface area contributed by atoms with Crippen LogP contribution < -0.4 is 0 Å². The Balaban J connectivity index is 2.15. The standard InChI is InChI=1S/C15H26N2O3/c1-10(11-6-7-11)16(4)14(20)17-9-5-8-15(2,3)12(17)13(18)19/h10-12H,5-9H2,1-4H3,(H,18,19). The molecule has 2 aliphatic rings. The number of piperidine rings is 1. The third-order valence-electron chi connectivity index (χ3n) is 4.97. The molecule has 114 valence electrons. The molecule has 2 atom stereocenters. The van der Waals surface area contributed by atoms with Gasteiger partial charge in [-0.3, -0.25) is 0 Å². The van der Waals surface area contributed by atoms with Crippen LogP contribution >= 0.6 is 0 Å². The van der Waals surface area contributed by atoms with Crippen molar-refractivity contribution in [3.05, 3.63) is 0 Å². The second-order valence-corrected chi connectivity index (χ2v) is 7.00. The normalized spacial score (nSPS) is 27.0. The minimum Gasteiger partial charge on any atom is -0.480 e. The number of carbonyl (C=O) groups excluding carboxylic acids is 1. The third-order valence-corrected chi connectivity index (χ3v) is 4.97. The molecule has 2 amide bonds. The Hall–Kier alpha value is -1.26. The quantitative estimate of drug-likeness (QED) is 0.864. The molecule has 0 aromatic carbocycles. The van der Waals surface area contributed by atoms with Crippen LogP contribution in [0, 0.1) is 11.3 Å². The van der Waals surface area contributed by atoms with Crippen molar-refractivity contribution < 1.29 is 14.7 Å². The molecule has 0 bridgehead atoms. The summed E-state index contributed by atoms with van der Waals surface area (Å²) in [6.07, 6.45) is 4.06. The van der Waals surface area contributed by atoms with Crippen molar-refractivity contribution in [3.63, 3.8) is 0 Å². The lowest BCUT2D eigenvalue weighted by molar-refractivity contribution is -0.148. The van der Waals surface area contributed by atoms with Crippen LogP contribution in [-0.4, -0.2) is 52.6 Å². The van der Waals surface area contributed by atoms with E-state index in [2.05, 4.69) is 6.92 Å². The number of likely N-dealkylation sites (tertiary alicyclic amines) is 1. The maximum Gasteiger partial charge on any atom is 0.327 e. The first-order valence-electron chi connectivity index (χ1n) is 7.52. The number of hydrogen-bond donors (Lipinski definition) is 1. The monoisotopic (exact) mass is 282 g/mol. The maximum atomic E-state index is 12.7. The van der Waals surface area contributed by atoms with Crippen molar-refractivity contribution in [2.45, 2.75) is 58.5 Å². The summed E-state index contributed by atoms with van der Waals surface area (Å²) in [7, 11) is 1.80. The van der Waals surface area contributed by atoms with Crippen molar-refractivity contribution in [2.75, 3.05) is 13.6 Å².